The maximum atomic E-state index is 11.1. The van der Waals surface area contributed by atoms with E-state index in [-0.39, 0.29) is 0 Å². The van der Waals surface area contributed by atoms with Crippen LogP contribution in [-0.2, 0) is 0 Å². The quantitative estimate of drug-likeness (QED) is 0.772. The van der Waals surface area contributed by atoms with Gasteiger partial charge in [0.15, 0.2) is 0 Å². The number of methoxy groups -OCH3 is 1. The van der Waals surface area contributed by atoms with Crippen molar-refractivity contribution in [1.29, 1.82) is 0 Å². The topological polar surface area (TPSA) is 96.2 Å². The number of nitrogens with two attached hydrogens (primary N) is 2. The van der Waals surface area contributed by atoms with Crippen molar-refractivity contribution in [2.45, 2.75) is 0 Å². The molecule has 0 unspecified atom stereocenters. The van der Waals surface area contributed by atoms with Crippen LogP contribution in [0.2, 0.25) is 0 Å². The third-order valence-corrected chi connectivity index (χ3v) is 3.60. The molecule has 116 valence electrons. The molecule has 3 rings (SSSR count). The van der Waals surface area contributed by atoms with Gasteiger partial charge in [-0.15, -0.1) is 0 Å². The van der Waals surface area contributed by atoms with E-state index in [9.17, 15) is 4.79 Å². The molecular weight excluding hydrogens is 292 g/mol. The average Bonchev–Trinajstić information content (AvgIpc) is 2.96. The molecule has 1 heterocycles. The summed E-state index contributed by atoms with van der Waals surface area (Å²) < 4.78 is 6.79. The first-order chi connectivity index (χ1) is 11.1. The lowest BCUT2D eigenvalue weighted by molar-refractivity contribution is 0.100. The zero-order valence-electron chi connectivity index (χ0n) is 12.6. The molecule has 6 nitrogen and oxygen atoms in total. The predicted octanol–water partition coefficient (Wildman–Crippen LogP) is 2.23. The Labute approximate surface area is 133 Å². The van der Waals surface area contributed by atoms with Crippen molar-refractivity contribution in [3.8, 4) is 22.6 Å². The Morgan fingerprint density at radius 3 is 2.30 bits per heavy atom. The van der Waals surface area contributed by atoms with E-state index in [4.69, 9.17) is 16.2 Å². The number of carbonyl (C=O) groups excluding carboxylic acids is 1. The minimum atomic E-state index is -0.460. The van der Waals surface area contributed by atoms with Gasteiger partial charge in [-0.1, -0.05) is 12.1 Å². The van der Waals surface area contributed by atoms with Crippen molar-refractivity contribution < 1.29 is 9.53 Å². The summed E-state index contributed by atoms with van der Waals surface area (Å²) in [5.74, 6) is 0.821. The normalized spacial score (nSPS) is 10.5. The second-order valence-electron chi connectivity index (χ2n) is 4.99. The number of amides is 1. The molecule has 0 saturated heterocycles. The van der Waals surface area contributed by atoms with E-state index in [2.05, 4.69) is 5.10 Å². The van der Waals surface area contributed by atoms with E-state index >= 15 is 0 Å². The highest BCUT2D eigenvalue weighted by atomic mass is 16.5. The molecule has 1 aromatic heterocycles. The number of rotatable bonds is 4. The van der Waals surface area contributed by atoms with E-state index in [0.29, 0.717) is 11.4 Å². The summed E-state index contributed by atoms with van der Waals surface area (Å²) >= 11 is 0. The van der Waals surface area contributed by atoms with Crippen LogP contribution in [0.25, 0.3) is 16.8 Å². The maximum Gasteiger partial charge on any atom is 0.248 e. The number of aromatic nitrogens is 2. The molecule has 23 heavy (non-hydrogen) atoms. The number of carbonyl (C=O) groups is 1. The molecule has 6 heteroatoms. The second kappa shape index (κ2) is 5.84. The van der Waals surface area contributed by atoms with Crippen molar-refractivity contribution in [1.82, 2.24) is 9.78 Å². The molecule has 1 amide bonds. The highest BCUT2D eigenvalue weighted by molar-refractivity contribution is 5.93. The number of hydrogen-bond acceptors (Lipinski definition) is 4. The molecule has 0 saturated carbocycles. The van der Waals surface area contributed by atoms with Gasteiger partial charge < -0.3 is 16.2 Å². The standard InChI is InChI=1S/C17H16N4O2/c1-23-14-8-6-13(7-9-14)21-16(18)15(10-20-21)11-2-4-12(5-3-11)17(19)22/h2-10H,18H2,1H3,(H2,19,22). The SMILES string of the molecule is COc1ccc(-n2ncc(-c3ccc(C(N)=O)cc3)c2N)cc1. The van der Waals surface area contributed by atoms with Crippen LogP contribution in [0, 0.1) is 0 Å². The molecule has 0 atom stereocenters. The zero-order chi connectivity index (χ0) is 16.4. The molecule has 0 fully saturated rings. The molecular formula is C17H16N4O2. The van der Waals surface area contributed by atoms with E-state index in [0.717, 1.165) is 22.6 Å². The molecule has 0 radical (unpaired) electrons. The fraction of sp³-hybridized carbons (Fsp3) is 0.0588. The number of nitrogen functional groups attached to an aromatic ring is 1. The lowest BCUT2D eigenvalue weighted by Gasteiger charge is -2.07. The second-order valence-corrected chi connectivity index (χ2v) is 4.99. The summed E-state index contributed by atoms with van der Waals surface area (Å²) in [6.07, 6.45) is 1.69. The van der Waals surface area contributed by atoms with Crippen LogP contribution in [0.3, 0.4) is 0 Å². The Bertz CT molecular complexity index is 836. The smallest absolute Gasteiger partial charge is 0.248 e. The van der Waals surface area contributed by atoms with Crippen molar-refractivity contribution in [2.24, 2.45) is 5.73 Å². The summed E-state index contributed by atoms with van der Waals surface area (Å²) in [6, 6.07) is 14.4. The molecule has 2 aromatic carbocycles. The monoisotopic (exact) mass is 308 g/mol. The number of primary amides is 1. The summed E-state index contributed by atoms with van der Waals surface area (Å²) in [7, 11) is 1.62. The summed E-state index contributed by atoms with van der Waals surface area (Å²) in [4.78, 5) is 11.1. The third-order valence-electron chi connectivity index (χ3n) is 3.60. The molecule has 4 N–H and O–H groups in total. The summed E-state index contributed by atoms with van der Waals surface area (Å²) in [5.41, 5.74) is 14.4. The average molecular weight is 308 g/mol. The maximum absolute atomic E-state index is 11.1. The van der Waals surface area contributed by atoms with Crippen molar-refractivity contribution in [3.63, 3.8) is 0 Å². The van der Waals surface area contributed by atoms with E-state index in [1.807, 2.05) is 24.3 Å². The Balaban J connectivity index is 1.96. The first-order valence-electron chi connectivity index (χ1n) is 6.98. The van der Waals surface area contributed by atoms with Crippen LogP contribution in [0.5, 0.6) is 5.75 Å². The van der Waals surface area contributed by atoms with Gasteiger partial charge in [0, 0.05) is 11.1 Å². The molecule has 0 bridgehead atoms. The van der Waals surface area contributed by atoms with E-state index in [1.165, 1.54) is 0 Å². The molecule has 0 aliphatic heterocycles. The fourth-order valence-electron chi connectivity index (χ4n) is 2.32. The Hall–Kier alpha value is -3.28. The summed E-state index contributed by atoms with van der Waals surface area (Å²) in [5, 5.41) is 4.33. The van der Waals surface area contributed by atoms with E-state index in [1.54, 1.807) is 42.3 Å². The molecule has 3 aromatic rings. The van der Waals surface area contributed by atoms with Gasteiger partial charge in [-0.25, -0.2) is 4.68 Å². The van der Waals surface area contributed by atoms with Gasteiger partial charge in [0.05, 0.1) is 19.0 Å². The number of hydrogen-bond donors (Lipinski definition) is 2. The minimum absolute atomic E-state index is 0.454. The lowest BCUT2D eigenvalue weighted by atomic mass is 10.1. The number of anilines is 1. The zero-order valence-corrected chi connectivity index (χ0v) is 12.6. The number of nitrogens with zero attached hydrogens (tertiary/aromatic N) is 2. The number of benzene rings is 2. The Morgan fingerprint density at radius 1 is 1.09 bits per heavy atom. The molecule has 0 aliphatic carbocycles. The van der Waals surface area contributed by atoms with Crippen molar-refractivity contribution >= 4 is 11.7 Å². The van der Waals surface area contributed by atoms with Gasteiger partial charge in [0.1, 0.15) is 11.6 Å². The van der Waals surface area contributed by atoms with Gasteiger partial charge in [-0.2, -0.15) is 5.10 Å². The predicted molar refractivity (Wildman–Crippen MR) is 88.5 cm³/mol. The van der Waals surface area contributed by atoms with Gasteiger partial charge >= 0.3 is 0 Å². The largest absolute Gasteiger partial charge is 0.497 e. The van der Waals surface area contributed by atoms with Crippen molar-refractivity contribution in [2.75, 3.05) is 12.8 Å². The highest BCUT2D eigenvalue weighted by Gasteiger charge is 2.11. The van der Waals surface area contributed by atoms with Crippen molar-refractivity contribution in [3.05, 3.63) is 60.3 Å². The Morgan fingerprint density at radius 2 is 1.74 bits per heavy atom. The van der Waals surface area contributed by atoms with Gasteiger partial charge in [0.25, 0.3) is 0 Å². The van der Waals surface area contributed by atoms with Crippen LogP contribution in [0.4, 0.5) is 5.82 Å². The van der Waals surface area contributed by atoms with Crippen LogP contribution < -0.4 is 16.2 Å². The summed E-state index contributed by atoms with van der Waals surface area (Å²) in [6.45, 7) is 0. The first-order valence-corrected chi connectivity index (χ1v) is 6.98. The third kappa shape index (κ3) is 2.74. The van der Waals surface area contributed by atoms with Crippen LogP contribution >= 0.6 is 0 Å². The molecule has 0 aliphatic rings. The van der Waals surface area contributed by atoms with Gasteiger partial charge in [-0.3, -0.25) is 4.79 Å². The Kier molecular flexibility index (Phi) is 3.72. The lowest BCUT2D eigenvalue weighted by Crippen LogP contribution is -2.10. The first kappa shape index (κ1) is 14.6. The van der Waals surface area contributed by atoms with Crippen LogP contribution in [0.1, 0.15) is 10.4 Å². The highest BCUT2D eigenvalue weighted by Crippen LogP contribution is 2.28. The van der Waals surface area contributed by atoms with E-state index < -0.39 is 5.91 Å². The fourth-order valence-corrected chi connectivity index (χ4v) is 2.32. The van der Waals surface area contributed by atoms with Crippen LogP contribution in [0.15, 0.2) is 54.7 Å². The minimum Gasteiger partial charge on any atom is -0.497 e. The number of ether oxygens (including phenoxy) is 1. The molecule has 0 spiro atoms. The van der Waals surface area contributed by atoms with Crippen LogP contribution in [-0.4, -0.2) is 22.8 Å². The van der Waals surface area contributed by atoms with Gasteiger partial charge in [-0.05, 0) is 42.0 Å². The van der Waals surface area contributed by atoms with Gasteiger partial charge in [0.2, 0.25) is 5.91 Å².